The first kappa shape index (κ1) is 14.6. The number of carboxylic acid groups (broad SMARTS) is 1. The van der Waals surface area contributed by atoms with Crippen molar-refractivity contribution in [2.75, 3.05) is 6.54 Å². The molecule has 0 aliphatic carbocycles. The number of aromatic amines is 1. The molecule has 0 saturated carbocycles. The van der Waals surface area contributed by atoms with Crippen LogP contribution in [0.3, 0.4) is 0 Å². The first-order chi connectivity index (χ1) is 10.1. The molecule has 21 heavy (non-hydrogen) atoms. The minimum absolute atomic E-state index is 0.0943. The second kappa shape index (κ2) is 6.60. The summed E-state index contributed by atoms with van der Waals surface area (Å²) in [4.78, 5) is 23.0. The maximum absolute atomic E-state index is 12.0. The maximum atomic E-state index is 12.0. The number of benzene rings is 1. The second-order valence-corrected chi connectivity index (χ2v) is 4.47. The van der Waals surface area contributed by atoms with Gasteiger partial charge in [0.1, 0.15) is 0 Å². The molecule has 0 bridgehead atoms. The molecule has 0 radical (unpaired) electrons. The van der Waals surface area contributed by atoms with E-state index in [1.165, 1.54) is 0 Å². The highest BCUT2D eigenvalue weighted by molar-refractivity contribution is 5.95. The van der Waals surface area contributed by atoms with Crippen LogP contribution in [0.5, 0.6) is 0 Å². The molecule has 2 aromatic rings. The number of rotatable bonds is 6. The van der Waals surface area contributed by atoms with Crippen LogP contribution in [0, 0.1) is 5.92 Å². The molecule has 1 amide bonds. The van der Waals surface area contributed by atoms with Crippen molar-refractivity contribution in [2.45, 2.75) is 13.3 Å². The first-order valence-electron chi connectivity index (χ1n) is 6.46. The number of carbonyl (C=O) groups is 2. The molecule has 1 unspecified atom stereocenters. The SMILES string of the molecule is CCC(CNC(=O)c1cccc(-c2nn[nH]n2)c1)C(=O)O. The van der Waals surface area contributed by atoms with E-state index in [1.807, 2.05) is 0 Å². The zero-order valence-electron chi connectivity index (χ0n) is 11.4. The first-order valence-corrected chi connectivity index (χ1v) is 6.46. The van der Waals surface area contributed by atoms with Gasteiger partial charge in [0.05, 0.1) is 5.92 Å². The number of nitrogens with one attached hydrogen (secondary N) is 2. The average molecular weight is 289 g/mol. The normalized spacial score (nSPS) is 11.9. The van der Waals surface area contributed by atoms with Gasteiger partial charge in [-0.15, -0.1) is 10.2 Å². The fraction of sp³-hybridized carbons (Fsp3) is 0.308. The Labute approximate surface area is 120 Å². The van der Waals surface area contributed by atoms with Crippen molar-refractivity contribution >= 4 is 11.9 Å². The molecule has 1 aromatic carbocycles. The van der Waals surface area contributed by atoms with E-state index in [-0.39, 0.29) is 12.5 Å². The van der Waals surface area contributed by atoms with Crippen molar-refractivity contribution in [3.05, 3.63) is 29.8 Å². The lowest BCUT2D eigenvalue weighted by Crippen LogP contribution is -2.32. The van der Waals surface area contributed by atoms with Crippen LogP contribution < -0.4 is 5.32 Å². The van der Waals surface area contributed by atoms with Gasteiger partial charge in [-0.2, -0.15) is 5.21 Å². The van der Waals surface area contributed by atoms with Gasteiger partial charge in [-0.05, 0) is 23.8 Å². The van der Waals surface area contributed by atoms with Crippen molar-refractivity contribution in [1.82, 2.24) is 25.9 Å². The van der Waals surface area contributed by atoms with E-state index >= 15 is 0 Å². The van der Waals surface area contributed by atoms with Crippen molar-refractivity contribution in [3.8, 4) is 11.4 Å². The predicted molar refractivity (Wildman–Crippen MR) is 73.4 cm³/mol. The number of aromatic nitrogens is 4. The second-order valence-electron chi connectivity index (χ2n) is 4.47. The van der Waals surface area contributed by atoms with E-state index in [0.717, 1.165) is 0 Å². The summed E-state index contributed by atoms with van der Waals surface area (Å²) in [7, 11) is 0. The summed E-state index contributed by atoms with van der Waals surface area (Å²) in [5.74, 6) is -1.45. The highest BCUT2D eigenvalue weighted by Gasteiger charge is 2.16. The number of H-pyrrole nitrogens is 1. The predicted octanol–water partition coefficient (Wildman–Crippen LogP) is 0.707. The Kier molecular flexibility index (Phi) is 4.60. The molecule has 0 aliphatic heterocycles. The summed E-state index contributed by atoms with van der Waals surface area (Å²) >= 11 is 0. The van der Waals surface area contributed by atoms with Crippen LogP contribution in [0.25, 0.3) is 11.4 Å². The monoisotopic (exact) mass is 289 g/mol. The molecule has 1 aromatic heterocycles. The van der Waals surface area contributed by atoms with Gasteiger partial charge in [0.25, 0.3) is 5.91 Å². The van der Waals surface area contributed by atoms with Crippen molar-refractivity contribution in [2.24, 2.45) is 5.92 Å². The van der Waals surface area contributed by atoms with Gasteiger partial charge in [-0.3, -0.25) is 9.59 Å². The van der Waals surface area contributed by atoms with Crippen LogP contribution in [-0.4, -0.2) is 44.2 Å². The van der Waals surface area contributed by atoms with Crippen LogP contribution in [0.2, 0.25) is 0 Å². The van der Waals surface area contributed by atoms with Gasteiger partial charge >= 0.3 is 5.97 Å². The largest absolute Gasteiger partial charge is 0.481 e. The number of nitrogens with zero attached hydrogens (tertiary/aromatic N) is 3. The van der Waals surface area contributed by atoms with Gasteiger partial charge in [0.2, 0.25) is 5.82 Å². The van der Waals surface area contributed by atoms with Crippen LogP contribution in [-0.2, 0) is 4.79 Å². The molecule has 0 fully saturated rings. The summed E-state index contributed by atoms with van der Waals surface area (Å²) < 4.78 is 0. The summed E-state index contributed by atoms with van der Waals surface area (Å²) in [5, 5.41) is 25.1. The van der Waals surface area contributed by atoms with E-state index < -0.39 is 11.9 Å². The lowest BCUT2D eigenvalue weighted by Gasteiger charge is -2.11. The van der Waals surface area contributed by atoms with Gasteiger partial charge in [0, 0.05) is 17.7 Å². The van der Waals surface area contributed by atoms with Crippen LogP contribution in [0.1, 0.15) is 23.7 Å². The van der Waals surface area contributed by atoms with Gasteiger partial charge in [0.15, 0.2) is 0 Å². The Morgan fingerprint density at radius 1 is 1.43 bits per heavy atom. The number of hydrogen-bond acceptors (Lipinski definition) is 5. The van der Waals surface area contributed by atoms with Gasteiger partial charge in [-0.1, -0.05) is 19.1 Å². The van der Waals surface area contributed by atoms with E-state index in [9.17, 15) is 9.59 Å². The third kappa shape index (κ3) is 3.62. The molecule has 2 rings (SSSR count). The molecular formula is C13H15N5O3. The van der Waals surface area contributed by atoms with E-state index in [1.54, 1.807) is 31.2 Å². The quantitative estimate of drug-likeness (QED) is 0.720. The number of carboxylic acids is 1. The molecule has 0 aliphatic rings. The molecule has 8 nitrogen and oxygen atoms in total. The molecule has 1 atom stereocenters. The Hall–Kier alpha value is -2.77. The highest BCUT2D eigenvalue weighted by Crippen LogP contribution is 2.15. The van der Waals surface area contributed by atoms with E-state index in [4.69, 9.17) is 5.11 Å². The van der Waals surface area contributed by atoms with E-state index in [0.29, 0.717) is 23.4 Å². The summed E-state index contributed by atoms with van der Waals surface area (Å²) in [5.41, 5.74) is 1.07. The topological polar surface area (TPSA) is 121 Å². The number of amides is 1. The average Bonchev–Trinajstić information content (AvgIpc) is 3.01. The zero-order valence-corrected chi connectivity index (χ0v) is 11.4. The maximum Gasteiger partial charge on any atom is 0.308 e. The third-order valence-corrected chi connectivity index (χ3v) is 3.08. The smallest absolute Gasteiger partial charge is 0.308 e. The summed E-state index contributed by atoms with van der Waals surface area (Å²) in [6.45, 7) is 1.86. The molecular weight excluding hydrogens is 274 g/mol. The summed E-state index contributed by atoms with van der Waals surface area (Å²) in [6.07, 6.45) is 0.457. The Balaban J connectivity index is 2.06. The number of tetrazole rings is 1. The Morgan fingerprint density at radius 3 is 2.86 bits per heavy atom. The van der Waals surface area contributed by atoms with Crippen LogP contribution in [0.4, 0.5) is 0 Å². The molecule has 0 spiro atoms. The molecule has 1 heterocycles. The number of hydrogen-bond donors (Lipinski definition) is 3. The number of aliphatic carboxylic acids is 1. The Morgan fingerprint density at radius 2 is 2.24 bits per heavy atom. The molecule has 3 N–H and O–H groups in total. The molecule has 8 heteroatoms. The van der Waals surface area contributed by atoms with E-state index in [2.05, 4.69) is 25.9 Å². The minimum Gasteiger partial charge on any atom is -0.481 e. The fourth-order valence-corrected chi connectivity index (χ4v) is 1.81. The minimum atomic E-state index is -0.918. The Bertz CT molecular complexity index is 626. The summed E-state index contributed by atoms with van der Waals surface area (Å²) in [6, 6.07) is 6.73. The van der Waals surface area contributed by atoms with Crippen molar-refractivity contribution in [1.29, 1.82) is 0 Å². The third-order valence-electron chi connectivity index (χ3n) is 3.08. The lowest BCUT2D eigenvalue weighted by molar-refractivity contribution is -0.141. The number of carbonyl (C=O) groups excluding carboxylic acids is 1. The zero-order chi connectivity index (χ0) is 15.2. The van der Waals surface area contributed by atoms with Gasteiger partial charge in [-0.25, -0.2) is 0 Å². The van der Waals surface area contributed by atoms with Crippen LogP contribution >= 0.6 is 0 Å². The van der Waals surface area contributed by atoms with Gasteiger partial charge < -0.3 is 10.4 Å². The molecule has 110 valence electrons. The standard InChI is InChI=1S/C13H15N5O3/c1-2-8(13(20)21)7-14-12(19)10-5-3-4-9(6-10)11-15-17-18-16-11/h3-6,8H,2,7H2,1H3,(H,14,19)(H,20,21)(H,15,16,17,18). The van der Waals surface area contributed by atoms with Crippen molar-refractivity contribution in [3.63, 3.8) is 0 Å². The van der Waals surface area contributed by atoms with Crippen molar-refractivity contribution < 1.29 is 14.7 Å². The molecule has 0 saturated heterocycles. The fourth-order valence-electron chi connectivity index (χ4n) is 1.81. The lowest BCUT2D eigenvalue weighted by atomic mass is 10.1. The van der Waals surface area contributed by atoms with Crippen LogP contribution in [0.15, 0.2) is 24.3 Å². The highest BCUT2D eigenvalue weighted by atomic mass is 16.4.